The first-order valence-electron chi connectivity index (χ1n) is 8.78. The van der Waals surface area contributed by atoms with Gasteiger partial charge in [0.2, 0.25) is 0 Å². The zero-order valence-electron chi connectivity index (χ0n) is 12.6. The van der Waals surface area contributed by atoms with Crippen LogP contribution in [-0.2, 0) is 0 Å². The van der Waals surface area contributed by atoms with E-state index in [1.54, 1.807) is 0 Å². The van der Waals surface area contributed by atoms with Crippen molar-refractivity contribution in [1.29, 1.82) is 0 Å². The predicted molar refractivity (Wildman–Crippen MR) is 80.4 cm³/mol. The SMILES string of the molecule is CCC1CCCCC1C(CC1CC2CCC1C2)NN. The van der Waals surface area contributed by atoms with Gasteiger partial charge in [-0.15, -0.1) is 0 Å². The number of rotatable bonds is 5. The summed E-state index contributed by atoms with van der Waals surface area (Å²) >= 11 is 0. The van der Waals surface area contributed by atoms with Crippen LogP contribution in [0.2, 0.25) is 0 Å². The minimum absolute atomic E-state index is 0.592. The fourth-order valence-corrected chi connectivity index (χ4v) is 5.63. The van der Waals surface area contributed by atoms with Gasteiger partial charge in [0.15, 0.2) is 0 Å². The molecule has 0 aliphatic heterocycles. The molecule has 0 aromatic carbocycles. The summed E-state index contributed by atoms with van der Waals surface area (Å²) in [7, 11) is 0. The number of hydrogen-bond acceptors (Lipinski definition) is 2. The molecule has 0 saturated heterocycles. The molecule has 3 aliphatic carbocycles. The van der Waals surface area contributed by atoms with Crippen molar-refractivity contribution in [3.05, 3.63) is 0 Å². The van der Waals surface area contributed by atoms with Gasteiger partial charge in [0, 0.05) is 6.04 Å². The minimum atomic E-state index is 0.592. The first-order valence-corrected chi connectivity index (χ1v) is 8.78. The maximum Gasteiger partial charge on any atom is 0.0244 e. The second-order valence-corrected chi connectivity index (χ2v) is 7.56. The highest BCUT2D eigenvalue weighted by molar-refractivity contribution is 4.93. The molecule has 0 spiro atoms. The zero-order chi connectivity index (χ0) is 13.2. The Hall–Kier alpha value is -0.0800. The molecule has 19 heavy (non-hydrogen) atoms. The Kier molecular flexibility index (Phi) is 4.48. The lowest BCUT2D eigenvalue weighted by Crippen LogP contribution is -2.46. The van der Waals surface area contributed by atoms with E-state index in [2.05, 4.69) is 12.3 Å². The van der Waals surface area contributed by atoms with Crippen LogP contribution in [0.4, 0.5) is 0 Å². The highest BCUT2D eigenvalue weighted by Gasteiger charge is 2.41. The van der Waals surface area contributed by atoms with Gasteiger partial charge < -0.3 is 0 Å². The van der Waals surface area contributed by atoms with E-state index in [4.69, 9.17) is 5.84 Å². The third-order valence-electron chi connectivity index (χ3n) is 6.66. The van der Waals surface area contributed by atoms with Gasteiger partial charge in [-0.05, 0) is 61.7 Å². The van der Waals surface area contributed by atoms with Crippen molar-refractivity contribution in [3.63, 3.8) is 0 Å². The molecule has 3 fully saturated rings. The molecular weight excluding hydrogens is 232 g/mol. The first kappa shape index (κ1) is 13.9. The van der Waals surface area contributed by atoms with Gasteiger partial charge in [-0.2, -0.15) is 0 Å². The molecule has 6 atom stereocenters. The van der Waals surface area contributed by atoms with Crippen LogP contribution < -0.4 is 11.3 Å². The lowest BCUT2D eigenvalue weighted by molar-refractivity contribution is 0.144. The summed E-state index contributed by atoms with van der Waals surface area (Å²) in [5.41, 5.74) is 3.22. The van der Waals surface area contributed by atoms with Gasteiger partial charge in [0.25, 0.3) is 0 Å². The molecule has 0 heterocycles. The second-order valence-electron chi connectivity index (χ2n) is 7.56. The van der Waals surface area contributed by atoms with E-state index in [1.807, 2.05) is 0 Å². The molecule has 2 heteroatoms. The number of nitrogens with two attached hydrogens (primary N) is 1. The Labute approximate surface area is 118 Å². The quantitative estimate of drug-likeness (QED) is 0.584. The van der Waals surface area contributed by atoms with E-state index in [-0.39, 0.29) is 0 Å². The average Bonchev–Trinajstić information content (AvgIpc) is 3.07. The van der Waals surface area contributed by atoms with Crippen molar-refractivity contribution in [2.75, 3.05) is 0 Å². The first-order chi connectivity index (χ1) is 9.31. The van der Waals surface area contributed by atoms with E-state index < -0.39 is 0 Å². The molecule has 2 bridgehead atoms. The fraction of sp³-hybridized carbons (Fsp3) is 1.00. The van der Waals surface area contributed by atoms with Gasteiger partial charge >= 0.3 is 0 Å². The monoisotopic (exact) mass is 264 g/mol. The van der Waals surface area contributed by atoms with E-state index >= 15 is 0 Å². The van der Waals surface area contributed by atoms with E-state index in [0.717, 1.165) is 29.6 Å². The van der Waals surface area contributed by atoms with Gasteiger partial charge in [-0.1, -0.05) is 39.0 Å². The highest BCUT2D eigenvalue weighted by atomic mass is 15.2. The largest absolute Gasteiger partial charge is 0.271 e. The maximum atomic E-state index is 5.95. The van der Waals surface area contributed by atoms with Gasteiger partial charge in [0.05, 0.1) is 0 Å². The Morgan fingerprint density at radius 1 is 1.05 bits per heavy atom. The lowest BCUT2D eigenvalue weighted by atomic mass is 9.71. The number of fused-ring (bicyclic) bond motifs is 2. The van der Waals surface area contributed by atoms with Crippen molar-refractivity contribution < 1.29 is 0 Å². The molecule has 2 nitrogen and oxygen atoms in total. The van der Waals surface area contributed by atoms with Crippen LogP contribution in [0.3, 0.4) is 0 Å². The van der Waals surface area contributed by atoms with Gasteiger partial charge in [-0.3, -0.25) is 11.3 Å². The van der Waals surface area contributed by atoms with E-state index in [1.165, 1.54) is 64.2 Å². The normalized spacial score (nSPS) is 43.6. The lowest BCUT2D eigenvalue weighted by Gasteiger charge is -2.38. The molecule has 0 aromatic rings. The summed E-state index contributed by atoms with van der Waals surface area (Å²) in [5.74, 6) is 10.8. The average molecular weight is 264 g/mol. The van der Waals surface area contributed by atoms with Crippen molar-refractivity contribution in [1.82, 2.24) is 5.43 Å². The van der Waals surface area contributed by atoms with Crippen LogP contribution in [-0.4, -0.2) is 6.04 Å². The van der Waals surface area contributed by atoms with Gasteiger partial charge in [-0.25, -0.2) is 0 Å². The van der Waals surface area contributed by atoms with Crippen molar-refractivity contribution in [2.45, 2.75) is 77.2 Å². The molecule has 0 aromatic heterocycles. The van der Waals surface area contributed by atoms with Crippen molar-refractivity contribution >= 4 is 0 Å². The molecule has 3 saturated carbocycles. The Balaban J connectivity index is 1.60. The van der Waals surface area contributed by atoms with E-state index in [9.17, 15) is 0 Å². The van der Waals surface area contributed by atoms with Crippen LogP contribution in [0, 0.1) is 29.6 Å². The summed E-state index contributed by atoms with van der Waals surface area (Å²) in [6.45, 7) is 2.37. The number of hydrazine groups is 1. The molecule has 3 aliphatic rings. The van der Waals surface area contributed by atoms with Crippen LogP contribution >= 0.6 is 0 Å². The summed E-state index contributed by atoms with van der Waals surface area (Å²) in [4.78, 5) is 0. The van der Waals surface area contributed by atoms with Crippen LogP contribution in [0.25, 0.3) is 0 Å². The summed E-state index contributed by atoms with van der Waals surface area (Å²) in [6.07, 6.45) is 14.5. The molecule has 0 radical (unpaired) electrons. The molecule has 3 rings (SSSR count). The van der Waals surface area contributed by atoms with Crippen LogP contribution in [0.1, 0.15) is 71.1 Å². The topological polar surface area (TPSA) is 38.0 Å². The Morgan fingerprint density at radius 2 is 1.89 bits per heavy atom. The van der Waals surface area contributed by atoms with Crippen molar-refractivity contribution in [3.8, 4) is 0 Å². The summed E-state index contributed by atoms with van der Waals surface area (Å²) in [6, 6.07) is 0.592. The van der Waals surface area contributed by atoms with Crippen molar-refractivity contribution in [2.24, 2.45) is 35.4 Å². The minimum Gasteiger partial charge on any atom is -0.271 e. The molecule has 6 unspecified atom stereocenters. The summed E-state index contributed by atoms with van der Waals surface area (Å²) in [5, 5.41) is 0. The van der Waals surface area contributed by atoms with Gasteiger partial charge in [0.1, 0.15) is 0 Å². The number of hydrogen-bond donors (Lipinski definition) is 2. The zero-order valence-corrected chi connectivity index (χ0v) is 12.6. The van der Waals surface area contributed by atoms with Crippen LogP contribution in [0.5, 0.6) is 0 Å². The molecular formula is C17H32N2. The standard InChI is InChI=1S/C17H32N2/c1-2-13-5-3-4-6-16(13)17(19-18)11-15-10-12-7-8-14(15)9-12/h12-17,19H,2-11,18H2,1H3. The third kappa shape index (κ3) is 2.85. The fourth-order valence-electron chi connectivity index (χ4n) is 5.63. The number of nitrogens with one attached hydrogen (secondary N) is 1. The highest BCUT2D eigenvalue weighted by Crippen LogP contribution is 2.50. The third-order valence-corrected chi connectivity index (χ3v) is 6.66. The molecule has 3 N–H and O–H groups in total. The maximum absolute atomic E-state index is 5.95. The molecule has 110 valence electrons. The Morgan fingerprint density at radius 3 is 2.53 bits per heavy atom. The molecule has 0 amide bonds. The second kappa shape index (κ2) is 6.13. The van der Waals surface area contributed by atoms with Crippen LogP contribution in [0.15, 0.2) is 0 Å². The smallest absolute Gasteiger partial charge is 0.0244 e. The van der Waals surface area contributed by atoms with E-state index in [0.29, 0.717) is 6.04 Å². The Bertz CT molecular complexity index is 291. The predicted octanol–water partition coefficient (Wildman–Crippen LogP) is 3.86. The summed E-state index contributed by atoms with van der Waals surface area (Å²) < 4.78 is 0.